The summed E-state index contributed by atoms with van der Waals surface area (Å²) < 4.78 is 15.7. The van der Waals surface area contributed by atoms with Crippen LogP contribution in [0, 0.1) is 11.3 Å². The Kier molecular flexibility index (Phi) is 6.03. The lowest BCUT2D eigenvalue weighted by Gasteiger charge is -2.10. The number of nitriles is 1. The predicted octanol–water partition coefficient (Wildman–Crippen LogP) is 2.79. The maximum Gasteiger partial charge on any atom is 0.262 e. The molecule has 0 unspecified atom stereocenters. The van der Waals surface area contributed by atoms with Crippen molar-refractivity contribution < 1.29 is 19.0 Å². The van der Waals surface area contributed by atoms with E-state index in [1.807, 2.05) is 0 Å². The average Bonchev–Trinajstić information content (AvgIpc) is 2.61. The second-order valence-corrected chi connectivity index (χ2v) is 4.92. The zero-order chi connectivity index (χ0) is 17.4. The molecule has 0 saturated carbocycles. The van der Waals surface area contributed by atoms with Crippen LogP contribution in [0.3, 0.4) is 0 Å². The van der Waals surface area contributed by atoms with Gasteiger partial charge < -0.3 is 19.5 Å². The minimum Gasteiger partial charge on any atom is -0.497 e. The van der Waals surface area contributed by atoms with Gasteiger partial charge in [0.2, 0.25) is 0 Å². The third kappa shape index (κ3) is 4.92. The zero-order valence-corrected chi connectivity index (χ0v) is 13.5. The maximum absolute atomic E-state index is 12.0. The van der Waals surface area contributed by atoms with Gasteiger partial charge in [0, 0.05) is 23.9 Å². The molecule has 2 rings (SSSR count). The van der Waals surface area contributed by atoms with Crippen molar-refractivity contribution in [1.82, 2.24) is 0 Å². The van der Waals surface area contributed by atoms with Gasteiger partial charge in [-0.3, -0.25) is 4.79 Å². The molecule has 2 aromatic rings. The van der Waals surface area contributed by atoms with Crippen molar-refractivity contribution in [2.45, 2.75) is 6.42 Å². The van der Waals surface area contributed by atoms with Crippen LogP contribution in [0.1, 0.15) is 5.56 Å². The SMILES string of the molecule is COc1cc(NC(=O)COc2ccc(CC#N)cc2)cc(OC)c1. The summed E-state index contributed by atoms with van der Waals surface area (Å²) in [4.78, 5) is 12.0. The Labute approximate surface area is 140 Å². The number of nitrogens with zero attached hydrogens (tertiary/aromatic N) is 1. The summed E-state index contributed by atoms with van der Waals surface area (Å²) in [6.07, 6.45) is 0.346. The Balaban J connectivity index is 1.92. The van der Waals surface area contributed by atoms with Gasteiger partial charge in [-0.05, 0) is 17.7 Å². The molecule has 0 saturated heterocycles. The van der Waals surface area contributed by atoms with Crippen LogP contribution in [-0.4, -0.2) is 26.7 Å². The molecule has 0 aliphatic carbocycles. The summed E-state index contributed by atoms with van der Waals surface area (Å²) in [5.41, 5.74) is 1.46. The highest BCUT2D eigenvalue weighted by molar-refractivity contribution is 5.92. The summed E-state index contributed by atoms with van der Waals surface area (Å²) in [6, 6.07) is 14.2. The smallest absolute Gasteiger partial charge is 0.262 e. The quantitative estimate of drug-likeness (QED) is 0.846. The van der Waals surface area contributed by atoms with Gasteiger partial charge in [0.1, 0.15) is 17.2 Å². The van der Waals surface area contributed by atoms with Crippen LogP contribution < -0.4 is 19.5 Å². The summed E-state index contributed by atoms with van der Waals surface area (Å²) in [7, 11) is 3.08. The number of amides is 1. The Morgan fingerprint density at radius 2 is 1.67 bits per heavy atom. The number of nitrogens with one attached hydrogen (secondary N) is 1. The van der Waals surface area contributed by atoms with E-state index in [2.05, 4.69) is 11.4 Å². The molecule has 1 N–H and O–H groups in total. The number of ether oxygens (including phenoxy) is 3. The monoisotopic (exact) mass is 326 g/mol. The molecule has 24 heavy (non-hydrogen) atoms. The molecule has 6 nitrogen and oxygen atoms in total. The number of benzene rings is 2. The van der Waals surface area contributed by atoms with Crippen LogP contribution in [0.25, 0.3) is 0 Å². The molecule has 0 heterocycles. The largest absolute Gasteiger partial charge is 0.497 e. The van der Waals surface area contributed by atoms with Crippen LogP contribution in [-0.2, 0) is 11.2 Å². The summed E-state index contributed by atoms with van der Waals surface area (Å²) in [6.45, 7) is -0.128. The van der Waals surface area contributed by atoms with Crippen molar-refractivity contribution in [3.63, 3.8) is 0 Å². The lowest BCUT2D eigenvalue weighted by atomic mass is 10.2. The molecular weight excluding hydrogens is 308 g/mol. The molecular formula is C18H18N2O4. The first-order chi connectivity index (χ1) is 11.6. The molecule has 0 spiro atoms. The van der Waals surface area contributed by atoms with Crippen LogP contribution in [0.2, 0.25) is 0 Å². The Hall–Kier alpha value is -3.20. The first-order valence-corrected chi connectivity index (χ1v) is 7.26. The number of anilines is 1. The van der Waals surface area contributed by atoms with Gasteiger partial charge in [0.15, 0.2) is 6.61 Å². The maximum atomic E-state index is 12.0. The van der Waals surface area contributed by atoms with E-state index in [0.717, 1.165) is 5.56 Å². The van der Waals surface area contributed by atoms with Crippen molar-refractivity contribution >= 4 is 11.6 Å². The molecule has 0 aromatic heterocycles. The van der Waals surface area contributed by atoms with E-state index >= 15 is 0 Å². The van der Waals surface area contributed by atoms with Gasteiger partial charge in [0.25, 0.3) is 5.91 Å². The van der Waals surface area contributed by atoms with Crippen molar-refractivity contribution in [2.75, 3.05) is 26.1 Å². The number of hydrogen-bond donors (Lipinski definition) is 1. The second-order valence-electron chi connectivity index (χ2n) is 4.92. The lowest BCUT2D eigenvalue weighted by molar-refractivity contribution is -0.118. The third-order valence-electron chi connectivity index (χ3n) is 3.21. The Morgan fingerprint density at radius 3 is 2.21 bits per heavy atom. The lowest BCUT2D eigenvalue weighted by Crippen LogP contribution is -2.20. The number of hydrogen-bond acceptors (Lipinski definition) is 5. The van der Waals surface area contributed by atoms with Crippen molar-refractivity contribution in [3.8, 4) is 23.3 Å². The Bertz CT molecular complexity index is 713. The minimum atomic E-state index is -0.300. The highest BCUT2D eigenvalue weighted by Gasteiger charge is 2.07. The highest BCUT2D eigenvalue weighted by Crippen LogP contribution is 2.25. The van der Waals surface area contributed by atoms with Crippen LogP contribution in [0.4, 0.5) is 5.69 Å². The summed E-state index contributed by atoms with van der Waals surface area (Å²) >= 11 is 0. The fourth-order valence-corrected chi connectivity index (χ4v) is 2.02. The third-order valence-corrected chi connectivity index (χ3v) is 3.21. The molecule has 0 fully saturated rings. The van der Waals surface area contributed by atoms with Crippen molar-refractivity contribution in [3.05, 3.63) is 48.0 Å². The van der Waals surface area contributed by atoms with Crippen LogP contribution in [0.15, 0.2) is 42.5 Å². The van der Waals surface area contributed by atoms with Gasteiger partial charge in [-0.15, -0.1) is 0 Å². The molecule has 6 heteroatoms. The fourth-order valence-electron chi connectivity index (χ4n) is 2.02. The van der Waals surface area contributed by atoms with E-state index in [1.54, 1.807) is 56.7 Å². The standard InChI is InChI=1S/C18H18N2O4/c1-22-16-9-14(10-17(11-16)23-2)20-18(21)12-24-15-5-3-13(4-6-15)7-8-19/h3-6,9-11H,7,12H2,1-2H3,(H,20,21). The first-order valence-electron chi connectivity index (χ1n) is 7.26. The van der Waals surface area contributed by atoms with E-state index in [9.17, 15) is 4.79 Å². The topological polar surface area (TPSA) is 80.6 Å². The molecule has 1 amide bonds. The first kappa shape index (κ1) is 17.2. The number of carbonyl (C=O) groups is 1. The molecule has 0 bridgehead atoms. The van der Waals surface area contributed by atoms with E-state index < -0.39 is 0 Å². The van der Waals surface area contributed by atoms with Crippen molar-refractivity contribution in [2.24, 2.45) is 0 Å². The van der Waals surface area contributed by atoms with Crippen LogP contribution >= 0.6 is 0 Å². The van der Waals surface area contributed by atoms with Gasteiger partial charge >= 0.3 is 0 Å². The molecule has 2 aromatic carbocycles. The number of rotatable bonds is 7. The number of methoxy groups -OCH3 is 2. The Morgan fingerprint density at radius 1 is 1.04 bits per heavy atom. The number of carbonyl (C=O) groups excluding carboxylic acids is 1. The van der Waals surface area contributed by atoms with Gasteiger partial charge in [-0.25, -0.2) is 0 Å². The molecule has 0 radical (unpaired) electrons. The fraction of sp³-hybridized carbons (Fsp3) is 0.222. The summed E-state index contributed by atoms with van der Waals surface area (Å²) in [5, 5.41) is 11.4. The molecule has 0 atom stereocenters. The van der Waals surface area contributed by atoms with E-state index in [-0.39, 0.29) is 12.5 Å². The minimum absolute atomic E-state index is 0.128. The van der Waals surface area contributed by atoms with Gasteiger partial charge in [-0.2, -0.15) is 5.26 Å². The van der Waals surface area contributed by atoms with E-state index in [0.29, 0.717) is 29.4 Å². The molecule has 0 aliphatic rings. The molecule has 0 aliphatic heterocycles. The summed E-state index contributed by atoms with van der Waals surface area (Å²) in [5.74, 6) is 1.43. The van der Waals surface area contributed by atoms with E-state index in [4.69, 9.17) is 19.5 Å². The second kappa shape index (κ2) is 8.44. The highest BCUT2D eigenvalue weighted by atomic mass is 16.5. The zero-order valence-electron chi connectivity index (χ0n) is 13.5. The predicted molar refractivity (Wildman–Crippen MR) is 89.4 cm³/mol. The molecule has 124 valence electrons. The van der Waals surface area contributed by atoms with Gasteiger partial charge in [-0.1, -0.05) is 12.1 Å². The normalized spacial score (nSPS) is 9.71. The van der Waals surface area contributed by atoms with E-state index in [1.165, 1.54) is 0 Å². The average molecular weight is 326 g/mol. The van der Waals surface area contributed by atoms with Gasteiger partial charge in [0.05, 0.1) is 26.7 Å². The van der Waals surface area contributed by atoms with Crippen LogP contribution in [0.5, 0.6) is 17.2 Å². The van der Waals surface area contributed by atoms with Crippen molar-refractivity contribution in [1.29, 1.82) is 5.26 Å².